The molecule has 1 aliphatic rings. The number of carbonyl (C=O) groups excluding carboxylic acids is 3. The number of aryl methyl sites for hydroxylation is 1. The maximum absolute atomic E-state index is 13.3. The minimum Gasteiger partial charge on any atom is -0.459 e. The molecule has 160 valence electrons. The van der Waals surface area contributed by atoms with E-state index in [0.29, 0.717) is 12.2 Å². The summed E-state index contributed by atoms with van der Waals surface area (Å²) in [5, 5.41) is 6.30. The third kappa shape index (κ3) is 4.35. The predicted molar refractivity (Wildman–Crippen MR) is 110 cm³/mol. The molecule has 0 radical (unpaired) electrons. The van der Waals surface area contributed by atoms with Crippen LogP contribution in [0.3, 0.4) is 0 Å². The summed E-state index contributed by atoms with van der Waals surface area (Å²) in [6.07, 6.45) is 1.78. The predicted octanol–water partition coefficient (Wildman–Crippen LogP) is 2.24. The van der Waals surface area contributed by atoms with E-state index >= 15 is 0 Å². The Balaban J connectivity index is 1.51. The van der Waals surface area contributed by atoms with Gasteiger partial charge in [-0.3, -0.25) is 14.4 Å². The number of nitrogens with zero attached hydrogens (tertiary/aromatic N) is 3. The summed E-state index contributed by atoms with van der Waals surface area (Å²) in [5.74, 6) is -0.102. The van der Waals surface area contributed by atoms with Gasteiger partial charge < -0.3 is 24.1 Å². The maximum atomic E-state index is 13.3. The minimum absolute atomic E-state index is 0.166. The molecule has 9 heteroatoms. The van der Waals surface area contributed by atoms with Gasteiger partial charge in [0, 0.05) is 26.1 Å². The van der Waals surface area contributed by atoms with E-state index in [4.69, 9.17) is 8.94 Å². The van der Waals surface area contributed by atoms with Crippen LogP contribution in [-0.4, -0.2) is 52.3 Å². The van der Waals surface area contributed by atoms with Gasteiger partial charge in [0.05, 0.1) is 12.8 Å². The van der Waals surface area contributed by atoms with Crippen molar-refractivity contribution in [2.24, 2.45) is 0 Å². The Hall–Kier alpha value is -3.88. The van der Waals surface area contributed by atoms with Crippen LogP contribution in [0.1, 0.15) is 27.4 Å². The summed E-state index contributed by atoms with van der Waals surface area (Å²) in [4.78, 5) is 41.5. The molecule has 1 atom stereocenters. The van der Waals surface area contributed by atoms with Crippen molar-refractivity contribution in [3.63, 3.8) is 0 Å². The van der Waals surface area contributed by atoms with E-state index in [1.165, 1.54) is 23.1 Å². The summed E-state index contributed by atoms with van der Waals surface area (Å²) < 4.78 is 10.2. The first-order chi connectivity index (χ1) is 14.9. The van der Waals surface area contributed by atoms with Crippen molar-refractivity contribution in [1.29, 1.82) is 0 Å². The normalized spacial score (nSPS) is 15.3. The van der Waals surface area contributed by atoms with Crippen LogP contribution < -0.4 is 5.32 Å². The standard InChI is InChI=1S/C22H22N4O5/c1-14-10-19(24-31-14)23-20(27)13-25(2)21(28)17-11-15-6-3-4-7-16(15)12-26(17)22(29)18-8-5-9-30-18/h3-10,17H,11-13H2,1-2H3,(H,23,24,27). The van der Waals surface area contributed by atoms with Gasteiger partial charge in [-0.2, -0.15) is 0 Å². The SMILES string of the molecule is Cc1cc(NC(=O)CN(C)C(=O)C2Cc3ccccc3CN2C(=O)c2ccco2)no1. The summed E-state index contributed by atoms with van der Waals surface area (Å²) in [6.45, 7) is 1.81. The van der Waals surface area contributed by atoms with E-state index in [-0.39, 0.29) is 36.5 Å². The lowest BCUT2D eigenvalue weighted by Crippen LogP contribution is -2.53. The summed E-state index contributed by atoms with van der Waals surface area (Å²) in [7, 11) is 1.53. The van der Waals surface area contributed by atoms with Crippen LogP contribution in [0, 0.1) is 6.92 Å². The number of anilines is 1. The van der Waals surface area contributed by atoms with Crippen LogP contribution in [0.15, 0.2) is 57.7 Å². The molecular weight excluding hydrogens is 400 g/mol. The van der Waals surface area contributed by atoms with E-state index in [1.54, 1.807) is 25.1 Å². The highest BCUT2D eigenvalue weighted by Gasteiger charge is 2.37. The van der Waals surface area contributed by atoms with Gasteiger partial charge >= 0.3 is 0 Å². The Kier molecular flexibility index (Phi) is 5.57. The highest BCUT2D eigenvalue weighted by Crippen LogP contribution is 2.26. The first-order valence-electron chi connectivity index (χ1n) is 9.82. The molecule has 31 heavy (non-hydrogen) atoms. The molecule has 0 saturated carbocycles. The molecule has 0 saturated heterocycles. The quantitative estimate of drug-likeness (QED) is 0.675. The molecule has 1 aliphatic heterocycles. The molecule has 0 spiro atoms. The van der Waals surface area contributed by atoms with Crippen molar-refractivity contribution in [1.82, 2.24) is 15.0 Å². The molecule has 3 aromatic rings. The second-order valence-corrected chi connectivity index (χ2v) is 7.46. The average Bonchev–Trinajstić information content (AvgIpc) is 3.43. The molecular formula is C22H22N4O5. The zero-order valence-corrected chi connectivity index (χ0v) is 17.2. The molecule has 1 unspecified atom stereocenters. The monoisotopic (exact) mass is 422 g/mol. The minimum atomic E-state index is -0.750. The number of benzene rings is 1. The number of hydrogen-bond acceptors (Lipinski definition) is 6. The van der Waals surface area contributed by atoms with Crippen LogP contribution in [0.25, 0.3) is 0 Å². The number of amides is 3. The lowest BCUT2D eigenvalue weighted by Gasteiger charge is -2.37. The van der Waals surface area contributed by atoms with Gasteiger partial charge in [-0.05, 0) is 30.2 Å². The van der Waals surface area contributed by atoms with Crippen molar-refractivity contribution in [2.45, 2.75) is 25.9 Å². The Morgan fingerprint density at radius 3 is 2.65 bits per heavy atom. The Bertz CT molecular complexity index is 1100. The van der Waals surface area contributed by atoms with Crippen molar-refractivity contribution in [2.75, 3.05) is 18.9 Å². The summed E-state index contributed by atoms with van der Waals surface area (Å²) in [5.41, 5.74) is 1.98. The second-order valence-electron chi connectivity index (χ2n) is 7.46. The first-order valence-corrected chi connectivity index (χ1v) is 9.82. The van der Waals surface area contributed by atoms with E-state index in [0.717, 1.165) is 11.1 Å². The topological polar surface area (TPSA) is 109 Å². The van der Waals surface area contributed by atoms with Crippen LogP contribution in [0.5, 0.6) is 0 Å². The van der Waals surface area contributed by atoms with Crippen molar-refractivity contribution < 1.29 is 23.3 Å². The van der Waals surface area contributed by atoms with Crippen LogP contribution in [-0.2, 0) is 22.6 Å². The molecule has 4 rings (SSSR count). The lowest BCUT2D eigenvalue weighted by atomic mass is 9.93. The fraction of sp³-hybridized carbons (Fsp3) is 0.273. The lowest BCUT2D eigenvalue weighted by molar-refractivity contribution is -0.137. The van der Waals surface area contributed by atoms with Gasteiger partial charge in [0.25, 0.3) is 5.91 Å². The van der Waals surface area contributed by atoms with Gasteiger partial charge in [-0.1, -0.05) is 29.4 Å². The summed E-state index contributed by atoms with van der Waals surface area (Å²) in [6, 6.07) is 11.7. The highest BCUT2D eigenvalue weighted by molar-refractivity contribution is 5.98. The maximum Gasteiger partial charge on any atom is 0.290 e. The van der Waals surface area contributed by atoms with Crippen LogP contribution in [0.4, 0.5) is 5.82 Å². The fourth-order valence-corrected chi connectivity index (χ4v) is 3.65. The van der Waals surface area contributed by atoms with E-state index in [1.807, 2.05) is 24.3 Å². The number of likely N-dealkylation sites (N-methyl/N-ethyl adjacent to an activating group) is 1. The number of hydrogen-bond donors (Lipinski definition) is 1. The largest absolute Gasteiger partial charge is 0.459 e. The van der Waals surface area contributed by atoms with Crippen molar-refractivity contribution in [3.8, 4) is 0 Å². The average molecular weight is 422 g/mol. The third-order valence-electron chi connectivity index (χ3n) is 5.18. The van der Waals surface area contributed by atoms with E-state index in [2.05, 4.69) is 10.5 Å². The van der Waals surface area contributed by atoms with E-state index in [9.17, 15) is 14.4 Å². The molecule has 9 nitrogen and oxygen atoms in total. The van der Waals surface area contributed by atoms with Gasteiger partial charge in [-0.15, -0.1) is 0 Å². The number of rotatable bonds is 5. The van der Waals surface area contributed by atoms with Gasteiger partial charge in [0.1, 0.15) is 11.8 Å². The smallest absolute Gasteiger partial charge is 0.290 e. The van der Waals surface area contributed by atoms with Gasteiger partial charge in [0.15, 0.2) is 11.6 Å². The fourth-order valence-electron chi connectivity index (χ4n) is 3.65. The van der Waals surface area contributed by atoms with Gasteiger partial charge in [-0.25, -0.2) is 0 Å². The molecule has 3 amide bonds. The number of fused-ring (bicyclic) bond motifs is 1. The molecule has 3 heterocycles. The number of aromatic nitrogens is 1. The van der Waals surface area contributed by atoms with Crippen LogP contribution in [0.2, 0.25) is 0 Å². The third-order valence-corrected chi connectivity index (χ3v) is 5.18. The zero-order valence-electron chi connectivity index (χ0n) is 17.2. The molecule has 1 N–H and O–H groups in total. The molecule has 2 aromatic heterocycles. The van der Waals surface area contributed by atoms with Crippen molar-refractivity contribution >= 4 is 23.5 Å². The molecule has 1 aromatic carbocycles. The zero-order chi connectivity index (χ0) is 22.0. The van der Waals surface area contributed by atoms with Crippen molar-refractivity contribution in [3.05, 3.63) is 71.4 Å². The molecule has 0 fully saturated rings. The van der Waals surface area contributed by atoms with Crippen LogP contribution >= 0.6 is 0 Å². The Morgan fingerprint density at radius 1 is 1.19 bits per heavy atom. The molecule has 0 bridgehead atoms. The number of nitrogens with one attached hydrogen (secondary N) is 1. The number of furan rings is 1. The Labute approximate surface area is 178 Å². The van der Waals surface area contributed by atoms with Gasteiger partial charge in [0.2, 0.25) is 11.8 Å². The highest BCUT2D eigenvalue weighted by atomic mass is 16.5. The summed E-state index contributed by atoms with van der Waals surface area (Å²) >= 11 is 0. The molecule has 0 aliphatic carbocycles. The number of carbonyl (C=O) groups is 3. The van der Waals surface area contributed by atoms with E-state index < -0.39 is 11.9 Å². The second kappa shape index (κ2) is 8.47. The Morgan fingerprint density at radius 2 is 1.97 bits per heavy atom. The first kappa shape index (κ1) is 20.4.